The molecule has 16 heavy (non-hydrogen) atoms. The maximum absolute atomic E-state index is 5.49. The molecule has 0 saturated carbocycles. The molecule has 0 spiro atoms. The van der Waals surface area contributed by atoms with Crippen molar-refractivity contribution in [3.63, 3.8) is 0 Å². The van der Waals surface area contributed by atoms with Crippen molar-refractivity contribution in [1.29, 1.82) is 0 Å². The molecule has 3 nitrogen and oxygen atoms in total. The summed E-state index contributed by atoms with van der Waals surface area (Å²) in [6.45, 7) is 7.05. The Morgan fingerprint density at radius 2 is 1.75 bits per heavy atom. The van der Waals surface area contributed by atoms with E-state index < -0.39 is 0 Å². The van der Waals surface area contributed by atoms with E-state index in [1.807, 2.05) is 0 Å². The quantitative estimate of drug-likeness (QED) is 0.760. The van der Waals surface area contributed by atoms with Crippen molar-refractivity contribution in [3.05, 3.63) is 0 Å². The SMILES string of the molecule is SCC1(CN2CCCOCC2)CCOCC1. The van der Waals surface area contributed by atoms with Gasteiger partial charge in [-0.2, -0.15) is 12.6 Å². The molecule has 0 radical (unpaired) electrons. The van der Waals surface area contributed by atoms with Crippen LogP contribution in [-0.4, -0.2) is 56.7 Å². The molecule has 0 aliphatic carbocycles. The van der Waals surface area contributed by atoms with Gasteiger partial charge in [-0.3, -0.25) is 0 Å². The van der Waals surface area contributed by atoms with E-state index in [9.17, 15) is 0 Å². The number of rotatable bonds is 3. The fraction of sp³-hybridized carbons (Fsp3) is 1.00. The van der Waals surface area contributed by atoms with Crippen LogP contribution >= 0.6 is 12.6 Å². The van der Waals surface area contributed by atoms with E-state index in [0.29, 0.717) is 5.41 Å². The molecule has 2 heterocycles. The summed E-state index contributed by atoms with van der Waals surface area (Å²) in [5.41, 5.74) is 0.381. The number of nitrogens with zero attached hydrogens (tertiary/aromatic N) is 1. The molecule has 2 aliphatic rings. The van der Waals surface area contributed by atoms with Gasteiger partial charge in [0.2, 0.25) is 0 Å². The summed E-state index contributed by atoms with van der Waals surface area (Å²) in [5, 5.41) is 0. The standard InChI is InChI=1S/C12H23NO2S/c16-11-12(2-7-15-8-3-12)10-13-4-1-6-14-9-5-13/h16H,1-11H2. The molecule has 0 aromatic rings. The van der Waals surface area contributed by atoms with Crippen LogP contribution < -0.4 is 0 Å². The zero-order valence-corrected chi connectivity index (χ0v) is 10.9. The minimum absolute atomic E-state index is 0.381. The zero-order chi connectivity index (χ0) is 11.3. The van der Waals surface area contributed by atoms with Crippen LogP contribution in [0.2, 0.25) is 0 Å². The summed E-state index contributed by atoms with van der Waals surface area (Å²) < 4.78 is 11.0. The minimum atomic E-state index is 0.381. The van der Waals surface area contributed by atoms with Gasteiger partial charge < -0.3 is 14.4 Å². The lowest BCUT2D eigenvalue weighted by molar-refractivity contribution is 0.00744. The number of hydrogen-bond acceptors (Lipinski definition) is 4. The zero-order valence-electron chi connectivity index (χ0n) is 9.99. The molecular formula is C12H23NO2S. The first-order chi connectivity index (χ1) is 7.85. The Bertz CT molecular complexity index is 199. The Balaban J connectivity index is 1.88. The molecule has 0 bridgehead atoms. The van der Waals surface area contributed by atoms with Gasteiger partial charge in [-0.15, -0.1) is 0 Å². The molecule has 2 rings (SSSR count). The summed E-state index contributed by atoms with van der Waals surface area (Å²) >= 11 is 4.56. The highest BCUT2D eigenvalue weighted by atomic mass is 32.1. The molecule has 94 valence electrons. The normalized spacial score (nSPS) is 27.6. The van der Waals surface area contributed by atoms with Crippen LogP contribution in [0.5, 0.6) is 0 Å². The smallest absolute Gasteiger partial charge is 0.0593 e. The largest absolute Gasteiger partial charge is 0.381 e. The first-order valence-electron chi connectivity index (χ1n) is 6.33. The molecule has 4 heteroatoms. The van der Waals surface area contributed by atoms with Gasteiger partial charge in [0.05, 0.1) is 6.61 Å². The molecule has 0 amide bonds. The lowest BCUT2D eigenvalue weighted by Gasteiger charge is -2.39. The fourth-order valence-electron chi connectivity index (χ4n) is 2.60. The van der Waals surface area contributed by atoms with Crippen molar-refractivity contribution in [1.82, 2.24) is 4.90 Å². The van der Waals surface area contributed by atoms with Gasteiger partial charge in [0.25, 0.3) is 0 Å². The van der Waals surface area contributed by atoms with Crippen molar-refractivity contribution in [2.75, 3.05) is 51.8 Å². The maximum Gasteiger partial charge on any atom is 0.0593 e. The summed E-state index contributed by atoms with van der Waals surface area (Å²) in [6, 6.07) is 0. The Hall–Kier alpha value is 0.230. The van der Waals surface area contributed by atoms with E-state index in [4.69, 9.17) is 9.47 Å². The molecule has 2 fully saturated rings. The molecular weight excluding hydrogens is 222 g/mol. The molecule has 0 unspecified atom stereocenters. The van der Waals surface area contributed by atoms with Crippen LogP contribution in [0.1, 0.15) is 19.3 Å². The van der Waals surface area contributed by atoms with Crippen LogP contribution in [0, 0.1) is 5.41 Å². The van der Waals surface area contributed by atoms with Crippen LogP contribution in [0.25, 0.3) is 0 Å². The van der Waals surface area contributed by atoms with Crippen LogP contribution in [0.15, 0.2) is 0 Å². The minimum Gasteiger partial charge on any atom is -0.381 e. The van der Waals surface area contributed by atoms with E-state index in [1.165, 1.54) is 19.5 Å². The van der Waals surface area contributed by atoms with E-state index in [1.54, 1.807) is 0 Å². The third kappa shape index (κ3) is 3.36. The summed E-state index contributed by atoms with van der Waals surface area (Å²) in [7, 11) is 0. The maximum atomic E-state index is 5.49. The number of hydrogen-bond donors (Lipinski definition) is 1. The van der Waals surface area contributed by atoms with Crippen molar-refractivity contribution in [2.24, 2.45) is 5.41 Å². The number of ether oxygens (including phenoxy) is 2. The third-order valence-electron chi connectivity index (χ3n) is 3.76. The Labute approximate surface area is 104 Å². The first-order valence-corrected chi connectivity index (χ1v) is 6.97. The molecule has 0 N–H and O–H groups in total. The lowest BCUT2D eigenvalue weighted by Crippen LogP contribution is -2.43. The van der Waals surface area contributed by atoms with Crippen LogP contribution in [-0.2, 0) is 9.47 Å². The van der Waals surface area contributed by atoms with Gasteiger partial charge in [0.15, 0.2) is 0 Å². The molecule has 0 aromatic heterocycles. The van der Waals surface area contributed by atoms with Crippen molar-refractivity contribution in [3.8, 4) is 0 Å². The van der Waals surface area contributed by atoms with E-state index >= 15 is 0 Å². The molecule has 2 aliphatic heterocycles. The first kappa shape index (κ1) is 12.7. The van der Waals surface area contributed by atoms with Gasteiger partial charge in [-0.25, -0.2) is 0 Å². The van der Waals surface area contributed by atoms with Crippen molar-refractivity contribution in [2.45, 2.75) is 19.3 Å². The van der Waals surface area contributed by atoms with E-state index in [2.05, 4.69) is 17.5 Å². The van der Waals surface area contributed by atoms with Crippen molar-refractivity contribution >= 4 is 12.6 Å². The van der Waals surface area contributed by atoms with Crippen LogP contribution in [0.3, 0.4) is 0 Å². The average Bonchev–Trinajstić information content (AvgIpc) is 2.59. The molecule has 0 aromatic carbocycles. The summed E-state index contributed by atoms with van der Waals surface area (Å²) in [6.07, 6.45) is 3.49. The predicted octanol–water partition coefficient (Wildman–Crippen LogP) is 1.44. The second-order valence-electron chi connectivity index (χ2n) is 5.01. The molecule has 0 atom stereocenters. The highest BCUT2D eigenvalue weighted by Gasteiger charge is 2.33. The van der Waals surface area contributed by atoms with Crippen LogP contribution in [0.4, 0.5) is 0 Å². The number of thiol groups is 1. The second-order valence-corrected chi connectivity index (χ2v) is 5.33. The van der Waals surface area contributed by atoms with Gasteiger partial charge in [-0.05, 0) is 30.4 Å². The highest BCUT2D eigenvalue weighted by Crippen LogP contribution is 2.32. The second kappa shape index (κ2) is 6.24. The third-order valence-corrected chi connectivity index (χ3v) is 4.43. The van der Waals surface area contributed by atoms with Gasteiger partial charge in [0, 0.05) is 39.5 Å². The van der Waals surface area contributed by atoms with Gasteiger partial charge in [-0.1, -0.05) is 0 Å². The Morgan fingerprint density at radius 3 is 2.50 bits per heavy atom. The Morgan fingerprint density at radius 1 is 1.00 bits per heavy atom. The summed E-state index contributed by atoms with van der Waals surface area (Å²) in [5.74, 6) is 0.980. The van der Waals surface area contributed by atoms with E-state index in [0.717, 1.165) is 51.6 Å². The highest BCUT2D eigenvalue weighted by molar-refractivity contribution is 7.80. The monoisotopic (exact) mass is 245 g/mol. The van der Waals surface area contributed by atoms with E-state index in [-0.39, 0.29) is 0 Å². The van der Waals surface area contributed by atoms with Gasteiger partial charge in [0.1, 0.15) is 0 Å². The van der Waals surface area contributed by atoms with Crippen molar-refractivity contribution < 1.29 is 9.47 Å². The van der Waals surface area contributed by atoms with Gasteiger partial charge >= 0.3 is 0 Å². The predicted molar refractivity (Wildman–Crippen MR) is 68.2 cm³/mol. The topological polar surface area (TPSA) is 21.7 Å². The lowest BCUT2D eigenvalue weighted by atomic mass is 9.81. The summed E-state index contributed by atoms with van der Waals surface area (Å²) in [4.78, 5) is 2.55. The molecule has 2 saturated heterocycles. The average molecular weight is 245 g/mol. The fourth-order valence-corrected chi connectivity index (χ4v) is 3.02. The Kier molecular flexibility index (Phi) is 4.95.